The van der Waals surface area contributed by atoms with Gasteiger partial charge in [0.25, 0.3) is 5.69 Å². The molecule has 0 heterocycles. The molecule has 1 aromatic carbocycles. The summed E-state index contributed by atoms with van der Waals surface area (Å²) in [5.41, 5.74) is -0.0983. The highest BCUT2D eigenvalue weighted by Gasteiger charge is 2.16. The molecular formula is C13H19N3O5. The standard InChI is InChI=1S/C13H19N3O5/c1-15(2)6-8-21-7-5-14-11-4-3-10(13(17)18)9-12(11)16(19)20/h3-4,9,14H,5-8H2,1-2H3,(H,17,18). The highest BCUT2D eigenvalue weighted by molar-refractivity contribution is 5.89. The Morgan fingerprint density at radius 1 is 1.43 bits per heavy atom. The second-order valence-corrected chi connectivity index (χ2v) is 4.64. The number of hydrogen-bond acceptors (Lipinski definition) is 6. The van der Waals surface area contributed by atoms with E-state index < -0.39 is 10.9 Å². The van der Waals surface area contributed by atoms with Crippen molar-refractivity contribution in [2.75, 3.05) is 45.7 Å². The third-order valence-corrected chi connectivity index (χ3v) is 2.69. The zero-order chi connectivity index (χ0) is 15.8. The smallest absolute Gasteiger partial charge is 0.335 e. The number of aromatic carboxylic acids is 1. The molecule has 1 rings (SSSR count). The minimum atomic E-state index is -1.20. The first-order valence-electron chi connectivity index (χ1n) is 6.40. The number of nitro benzene ring substituents is 1. The number of anilines is 1. The molecule has 2 N–H and O–H groups in total. The lowest BCUT2D eigenvalue weighted by molar-refractivity contribution is -0.384. The van der Waals surface area contributed by atoms with Crippen molar-refractivity contribution in [3.05, 3.63) is 33.9 Å². The molecule has 0 atom stereocenters. The Balaban J connectivity index is 2.54. The lowest BCUT2D eigenvalue weighted by Crippen LogP contribution is -2.20. The van der Waals surface area contributed by atoms with Gasteiger partial charge >= 0.3 is 5.97 Å². The van der Waals surface area contributed by atoms with Crippen LogP contribution in [0.3, 0.4) is 0 Å². The van der Waals surface area contributed by atoms with E-state index in [0.29, 0.717) is 19.8 Å². The molecule has 0 fully saturated rings. The van der Waals surface area contributed by atoms with Gasteiger partial charge in [-0.1, -0.05) is 0 Å². The van der Waals surface area contributed by atoms with Crippen molar-refractivity contribution in [1.29, 1.82) is 0 Å². The Kier molecular flexibility index (Phi) is 6.57. The quantitative estimate of drug-likeness (QED) is 0.402. The van der Waals surface area contributed by atoms with Crippen LogP contribution in [0.4, 0.5) is 11.4 Å². The molecule has 0 saturated heterocycles. The van der Waals surface area contributed by atoms with Crippen LogP contribution < -0.4 is 5.32 Å². The van der Waals surface area contributed by atoms with E-state index in [9.17, 15) is 14.9 Å². The molecule has 1 aromatic rings. The number of hydrogen-bond donors (Lipinski definition) is 2. The van der Waals surface area contributed by atoms with Crippen LogP contribution in [0.25, 0.3) is 0 Å². The third-order valence-electron chi connectivity index (χ3n) is 2.69. The molecule has 116 valence electrons. The molecule has 0 amide bonds. The van der Waals surface area contributed by atoms with E-state index in [1.54, 1.807) is 0 Å². The first-order valence-corrected chi connectivity index (χ1v) is 6.40. The molecule has 0 radical (unpaired) electrons. The molecule has 0 aliphatic heterocycles. The zero-order valence-corrected chi connectivity index (χ0v) is 12.0. The number of rotatable bonds is 9. The monoisotopic (exact) mass is 297 g/mol. The van der Waals surface area contributed by atoms with Gasteiger partial charge in [0.05, 0.1) is 23.7 Å². The van der Waals surface area contributed by atoms with Crippen LogP contribution in [0, 0.1) is 10.1 Å². The van der Waals surface area contributed by atoms with E-state index in [1.807, 2.05) is 19.0 Å². The van der Waals surface area contributed by atoms with Crippen molar-refractivity contribution in [2.24, 2.45) is 0 Å². The summed E-state index contributed by atoms with van der Waals surface area (Å²) < 4.78 is 5.36. The summed E-state index contributed by atoms with van der Waals surface area (Å²) in [4.78, 5) is 23.1. The van der Waals surface area contributed by atoms with Gasteiger partial charge < -0.3 is 20.1 Å². The molecule has 0 aromatic heterocycles. The maximum Gasteiger partial charge on any atom is 0.335 e. The SMILES string of the molecule is CN(C)CCOCCNc1ccc(C(=O)O)cc1[N+](=O)[O-]. The second kappa shape index (κ2) is 8.18. The maximum atomic E-state index is 10.9. The average molecular weight is 297 g/mol. The fourth-order valence-electron chi connectivity index (χ4n) is 1.57. The van der Waals surface area contributed by atoms with Crippen molar-refractivity contribution in [1.82, 2.24) is 4.90 Å². The highest BCUT2D eigenvalue weighted by atomic mass is 16.6. The van der Waals surface area contributed by atoms with Crippen molar-refractivity contribution >= 4 is 17.3 Å². The molecule has 0 spiro atoms. The summed E-state index contributed by atoms with van der Waals surface area (Å²) in [6.07, 6.45) is 0. The van der Waals surface area contributed by atoms with E-state index in [-0.39, 0.29) is 16.9 Å². The Morgan fingerprint density at radius 2 is 2.14 bits per heavy atom. The number of nitrogens with zero attached hydrogens (tertiary/aromatic N) is 2. The largest absolute Gasteiger partial charge is 0.478 e. The fraction of sp³-hybridized carbons (Fsp3) is 0.462. The molecule has 0 aliphatic carbocycles. The lowest BCUT2D eigenvalue weighted by atomic mass is 10.1. The average Bonchev–Trinajstić information content (AvgIpc) is 2.42. The molecule has 0 bridgehead atoms. The first kappa shape index (κ1) is 16.9. The summed E-state index contributed by atoms with van der Waals surface area (Å²) in [6, 6.07) is 3.75. The van der Waals surface area contributed by atoms with Gasteiger partial charge in [0.1, 0.15) is 5.69 Å². The van der Waals surface area contributed by atoms with Crippen LogP contribution in [0.1, 0.15) is 10.4 Å². The number of carbonyl (C=O) groups is 1. The zero-order valence-electron chi connectivity index (χ0n) is 12.0. The summed E-state index contributed by atoms with van der Waals surface area (Å²) in [5, 5.41) is 22.7. The molecular weight excluding hydrogens is 278 g/mol. The summed E-state index contributed by atoms with van der Waals surface area (Å²) in [5.74, 6) is -1.20. The number of nitro groups is 1. The van der Waals surface area contributed by atoms with Crippen LogP contribution in [0.15, 0.2) is 18.2 Å². The number of benzene rings is 1. The first-order chi connectivity index (χ1) is 9.91. The van der Waals surface area contributed by atoms with Crippen molar-refractivity contribution in [3.63, 3.8) is 0 Å². The summed E-state index contributed by atoms with van der Waals surface area (Å²) in [7, 11) is 3.88. The lowest BCUT2D eigenvalue weighted by Gasteiger charge is -2.11. The van der Waals surface area contributed by atoms with Crippen molar-refractivity contribution < 1.29 is 19.6 Å². The minimum Gasteiger partial charge on any atom is -0.478 e. The topological polar surface area (TPSA) is 105 Å². The van der Waals surface area contributed by atoms with Gasteiger partial charge in [-0.15, -0.1) is 0 Å². The molecule has 0 unspecified atom stereocenters. The van der Waals surface area contributed by atoms with Gasteiger partial charge in [-0.2, -0.15) is 0 Å². The van der Waals surface area contributed by atoms with Crippen LogP contribution in [0.5, 0.6) is 0 Å². The van der Waals surface area contributed by atoms with Gasteiger partial charge in [-0.05, 0) is 26.2 Å². The highest BCUT2D eigenvalue weighted by Crippen LogP contribution is 2.25. The number of carboxylic acids is 1. The van der Waals surface area contributed by atoms with Gasteiger partial charge in [0, 0.05) is 19.2 Å². The normalized spacial score (nSPS) is 10.6. The number of likely N-dealkylation sites (N-methyl/N-ethyl adjacent to an activating group) is 1. The number of ether oxygens (including phenoxy) is 1. The van der Waals surface area contributed by atoms with Gasteiger partial charge in [0.2, 0.25) is 0 Å². The summed E-state index contributed by atoms with van der Waals surface area (Å²) in [6.45, 7) is 2.19. The Hall–Kier alpha value is -2.19. The van der Waals surface area contributed by atoms with E-state index in [4.69, 9.17) is 9.84 Å². The van der Waals surface area contributed by atoms with Crippen LogP contribution in [-0.2, 0) is 4.74 Å². The number of carboxylic acid groups (broad SMARTS) is 1. The van der Waals surface area contributed by atoms with Crippen LogP contribution >= 0.6 is 0 Å². The van der Waals surface area contributed by atoms with E-state index in [1.165, 1.54) is 12.1 Å². The maximum absolute atomic E-state index is 10.9. The Morgan fingerprint density at radius 3 is 2.71 bits per heavy atom. The van der Waals surface area contributed by atoms with Gasteiger partial charge in [-0.3, -0.25) is 10.1 Å². The van der Waals surface area contributed by atoms with Crippen LogP contribution in [-0.4, -0.2) is 61.3 Å². The van der Waals surface area contributed by atoms with E-state index >= 15 is 0 Å². The summed E-state index contributed by atoms with van der Waals surface area (Å²) >= 11 is 0. The minimum absolute atomic E-state index is 0.116. The molecule has 8 nitrogen and oxygen atoms in total. The fourth-order valence-corrected chi connectivity index (χ4v) is 1.57. The predicted octanol–water partition coefficient (Wildman–Crippen LogP) is 1.28. The number of nitrogens with one attached hydrogen (secondary N) is 1. The predicted molar refractivity (Wildman–Crippen MR) is 77.9 cm³/mol. The molecule has 21 heavy (non-hydrogen) atoms. The molecule has 8 heteroatoms. The van der Waals surface area contributed by atoms with Gasteiger partial charge in [0.15, 0.2) is 0 Å². The van der Waals surface area contributed by atoms with Crippen LogP contribution in [0.2, 0.25) is 0 Å². The van der Waals surface area contributed by atoms with Crippen molar-refractivity contribution in [2.45, 2.75) is 0 Å². The van der Waals surface area contributed by atoms with Crippen molar-refractivity contribution in [3.8, 4) is 0 Å². The third kappa shape index (κ3) is 5.76. The van der Waals surface area contributed by atoms with E-state index in [0.717, 1.165) is 12.6 Å². The van der Waals surface area contributed by atoms with Gasteiger partial charge in [-0.25, -0.2) is 4.79 Å². The Bertz CT molecular complexity index is 505. The van der Waals surface area contributed by atoms with E-state index in [2.05, 4.69) is 5.32 Å². The Labute approximate surface area is 122 Å². The molecule has 0 aliphatic rings. The second-order valence-electron chi connectivity index (χ2n) is 4.64. The molecule has 0 saturated carbocycles.